The van der Waals surface area contributed by atoms with Crippen molar-refractivity contribution in [1.29, 1.82) is 0 Å². The summed E-state index contributed by atoms with van der Waals surface area (Å²) in [6.45, 7) is 11.6. The Bertz CT molecular complexity index is 454. The van der Waals surface area contributed by atoms with E-state index in [-0.39, 0.29) is 6.42 Å². The number of carboxylic acids is 1. The summed E-state index contributed by atoms with van der Waals surface area (Å²) < 4.78 is 0. The summed E-state index contributed by atoms with van der Waals surface area (Å²) in [7, 11) is 0. The zero-order valence-corrected chi connectivity index (χ0v) is 13.3. The van der Waals surface area contributed by atoms with Crippen molar-refractivity contribution in [2.45, 2.75) is 59.5 Å². The third kappa shape index (κ3) is 4.64. The molecule has 0 amide bonds. The van der Waals surface area contributed by atoms with Gasteiger partial charge >= 0.3 is 5.97 Å². The molecule has 0 fully saturated rings. The van der Waals surface area contributed by atoms with Gasteiger partial charge in [-0.3, -0.25) is 9.69 Å². The molecular weight excluding hydrogens is 250 g/mol. The average Bonchev–Trinajstić information content (AvgIpc) is 2.36. The van der Waals surface area contributed by atoms with Crippen LogP contribution in [-0.4, -0.2) is 28.6 Å². The predicted molar refractivity (Wildman–Crippen MR) is 83.0 cm³/mol. The maximum Gasteiger partial charge on any atom is 0.303 e. The number of benzene rings is 1. The molecule has 0 spiro atoms. The number of nitrogens with zero attached hydrogens (tertiary/aromatic N) is 1. The largest absolute Gasteiger partial charge is 0.481 e. The van der Waals surface area contributed by atoms with Gasteiger partial charge in [0.25, 0.3) is 0 Å². The van der Waals surface area contributed by atoms with E-state index in [0.29, 0.717) is 18.5 Å². The van der Waals surface area contributed by atoms with Crippen molar-refractivity contribution < 1.29 is 9.90 Å². The molecule has 3 heteroatoms. The molecule has 112 valence electrons. The molecule has 1 rings (SSSR count). The Kier molecular flexibility index (Phi) is 6.21. The van der Waals surface area contributed by atoms with Crippen LogP contribution in [-0.2, 0) is 4.79 Å². The lowest BCUT2D eigenvalue weighted by Crippen LogP contribution is -2.35. The molecular formula is C17H27NO2. The maximum atomic E-state index is 10.7. The first-order valence-electron chi connectivity index (χ1n) is 7.37. The van der Waals surface area contributed by atoms with Crippen molar-refractivity contribution in [1.82, 2.24) is 4.90 Å². The molecule has 20 heavy (non-hydrogen) atoms. The Hall–Kier alpha value is -1.35. The van der Waals surface area contributed by atoms with Gasteiger partial charge < -0.3 is 5.11 Å². The summed E-state index contributed by atoms with van der Waals surface area (Å²) >= 11 is 0. The van der Waals surface area contributed by atoms with Gasteiger partial charge in [-0.15, -0.1) is 0 Å². The summed E-state index contributed by atoms with van der Waals surface area (Å²) in [4.78, 5) is 13.1. The molecule has 3 nitrogen and oxygen atoms in total. The fraction of sp³-hybridized carbons (Fsp3) is 0.588. The van der Waals surface area contributed by atoms with Crippen molar-refractivity contribution >= 4 is 5.97 Å². The van der Waals surface area contributed by atoms with Crippen LogP contribution in [0.4, 0.5) is 0 Å². The Morgan fingerprint density at radius 1 is 1.25 bits per heavy atom. The molecule has 0 heterocycles. The van der Waals surface area contributed by atoms with Crippen molar-refractivity contribution in [3.8, 4) is 0 Å². The molecule has 1 atom stereocenters. The van der Waals surface area contributed by atoms with Crippen LogP contribution in [0.3, 0.4) is 0 Å². The first-order valence-corrected chi connectivity index (χ1v) is 7.37. The second-order valence-corrected chi connectivity index (χ2v) is 5.86. The van der Waals surface area contributed by atoms with Gasteiger partial charge in [0.05, 0.1) is 0 Å². The van der Waals surface area contributed by atoms with Gasteiger partial charge in [-0.1, -0.05) is 23.8 Å². The van der Waals surface area contributed by atoms with Crippen molar-refractivity contribution in [2.24, 2.45) is 0 Å². The normalized spacial score (nSPS) is 12.9. The lowest BCUT2D eigenvalue weighted by molar-refractivity contribution is -0.137. The molecule has 0 aliphatic heterocycles. The third-order valence-corrected chi connectivity index (χ3v) is 3.85. The minimum atomic E-state index is -0.715. The van der Waals surface area contributed by atoms with Crippen LogP contribution in [0.1, 0.15) is 56.3 Å². The third-order valence-electron chi connectivity index (χ3n) is 3.85. The first-order chi connectivity index (χ1) is 9.32. The highest BCUT2D eigenvalue weighted by molar-refractivity contribution is 5.66. The number of aryl methyl sites for hydroxylation is 2. The topological polar surface area (TPSA) is 40.5 Å². The zero-order chi connectivity index (χ0) is 15.3. The van der Waals surface area contributed by atoms with E-state index in [9.17, 15) is 4.79 Å². The molecule has 0 saturated carbocycles. The van der Waals surface area contributed by atoms with Gasteiger partial charge in [0.2, 0.25) is 0 Å². The standard InChI is InChI=1S/C17H27NO2/c1-12(2)18(10-6-7-17(19)20)15(5)16-11-13(3)8-9-14(16)4/h8-9,11-12,15H,6-7,10H2,1-5H3,(H,19,20). The van der Waals surface area contributed by atoms with Gasteiger partial charge in [0, 0.05) is 18.5 Å². The molecule has 0 radical (unpaired) electrons. The van der Waals surface area contributed by atoms with Crippen LogP contribution >= 0.6 is 0 Å². The van der Waals surface area contributed by atoms with E-state index in [1.165, 1.54) is 16.7 Å². The molecule has 1 aromatic rings. The van der Waals surface area contributed by atoms with Crippen LogP contribution in [0.2, 0.25) is 0 Å². The van der Waals surface area contributed by atoms with Gasteiger partial charge in [-0.25, -0.2) is 0 Å². The van der Waals surface area contributed by atoms with Gasteiger partial charge in [-0.05, 0) is 58.7 Å². The molecule has 0 aromatic heterocycles. The van der Waals surface area contributed by atoms with E-state index >= 15 is 0 Å². The number of carboxylic acid groups (broad SMARTS) is 1. The smallest absolute Gasteiger partial charge is 0.303 e. The maximum absolute atomic E-state index is 10.7. The summed E-state index contributed by atoms with van der Waals surface area (Å²) in [6, 6.07) is 7.25. The lowest BCUT2D eigenvalue weighted by atomic mass is 9.98. The highest BCUT2D eigenvalue weighted by Crippen LogP contribution is 2.26. The van der Waals surface area contributed by atoms with Crippen molar-refractivity contribution in [3.05, 3.63) is 34.9 Å². The van der Waals surface area contributed by atoms with E-state index in [1.807, 2.05) is 0 Å². The lowest BCUT2D eigenvalue weighted by Gasteiger charge is -2.34. The van der Waals surface area contributed by atoms with Crippen molar-refractivity contribution in [3.63, 3.8) is 0 Å². The molecule has 0 saturated heterocycles. The van der Waals surface area contributed by atoms with Crippen LogP contribution in [0, 0.1) is 13.8 Å². The SMILES string of the molecule is Cc1ccc(C)c(C(C)N(CCCC(=O)O)C(C)C)c1. The number of hydrogen-bond acceptors (Lipinski definition) is 2. The quantitative estimate of drug-likeness (QED) is 0.820. The summed E-state index contributed by atoms with van der Waals surface area (Å²) in [5.41, 5.74) is 3.91. The summed E-state index contributed by atoms with van der Waals surface area (Å²) in [5.74, 6) is -0.715. The molecule has 1 aromatic carbocycles. The Morgan fingerprint density at radius 3 is 2.45 bits per heavy atom. The molecule has 1 unspecified atom stereocenters. The fourth-order valence-corrected chi connectivity index (χ4v) is 2.70. The average molecular weight is 277 g/mol. The second-order valence-electron chi connectivity index (χ2n) is 5.86. The molecule has 0 bridgehead atoms. The Balaban J connectivity index is 2.85. The van der Waals surface area contributed by atoms with E-state index in [1.54, 1.807) is 0 Å². The van der Waals surface area contributed by atoms with Gasteiger partial charge in [-0.2, -0.15) is 0 Å². The van der Waals surface area contributed by atoms with E-state index in [4.69, 9.17) is 5.11 Å². The van der Waals surface area contributed by atoms with Gasteiger partial charge in [0.1, 0.15) is 0 Å². The number of rotatable bonds is 7. The molecule has 1 N–H and O–H groups in total. The summed E-state index contributed by atoms with van der Waals surface area (Å²) in [5, 5.41) is 8.78. The summed E-state index contributed by atoms with van der Waals surface area (Å²) in [6.07, 6.45) is 0.936. The van der Waals surface area contributed by atoms with Crippen LogP contribution in [0.5, 0.6) is 0 Å². The number of carbonyl (C=O) groups is 1. The second kappa shape index (κ2) is 7.44. The first kappa shape index (κ1) is 16.7. The Labute approximate surface area is 122 Å². The van der Waals surface area contributed by atoms with Crippen LogP contribution in [0.25, 0.3) is 0 Å². The predicted octanol–water partition coefficient (Wildman–Crippen LogP) is 3.94. The molecule has 0 aliphatic carbocycles. The fourth-order valence-electron chi connectivity index (χ4n) is 2.70. The van der Waals surface area contributed by atoms with Crippen LogP contribution < -0.4 is 0 Å². The number of hydrogen-bond donors (Lipinski definition) is 1. The minimum absolute atomic E-state index is 0.239. The van der Waals surface area contributed by atoms with E-state index in [0.717, 1.165) is 6.54 Å². The zero-order valence-electron chi connectivity index (χ0n) is 13.3. The van der Waals surface area contributed by atoms with E-state index < -0.39 is 5.97 Å². The molecule has 0 aliphatic rings. The highest BCUT2D eigenvalue weighted by atomic mass is 16.4. The van der Waals surface area contributed by atoms with Crippen LogP contribution in [0.15, 0.2) is 18.2 Å². The van der Waals surface area contributed by atoms with Gasteiger partial charge in [0.15, 0.2) is 0 Å². The Morgan fingerprint density at radius 2 is 1.90 bits per heavy atom. The van der Waals surface area contributed by atoms with Crippen molar-refractivity contribution in [2.75, 3.05) is 6.54 Å². The monoisotopic (exact) mass is 277 g/mol. The number of aliphatic carboxylic acids is 1. The van der Waals surface area contributed by atoms with E-state index in [2.05, 4.69) is 57.7 Å². The minimum Gasteiger partial charge on any atom is -0.481 e. The highest BCUT2D eigenvalue weighted by Gasteiger charge is 2.20.